The van der Waals surface area contributed by atoms with Crippen LogP contribution in [0.3, 0.4) is 0 Å². The lowest BCUT2D eigenvalue weighted by Gasteiger charge is -2.15. The van der Waals surface area contributed by atoms with Crippen molar-refractivity contribution in [2.45, 2.75) is 19.0 Å². The van der Waals surface area contributed by atoms with E-state index >= 15 is 0 Å². The number of ether oxygens (including phenoxy) is 1. The molecule has 114 valence electrons. The normalized spacial score (nSPS) is 18.0. The topological polar surface area (TPSA) is 71.8 Å². The van der Waals surface area contributed by atoms with Gasteiger partial charge < -0.3 is 9.15 Å². The van der Waals surface area contributed by atoms with E-state index in [-0.39, 0.29) is 18.2 Å². The molecule has 0 aliphatic carbocycles. The summed E-state index contributed by atoms with van der Waals surface area (Å²) in [5.74, 6) is 0.937. The molecule has 0 spiro atoms. The molecule has 2 heterocycles. The molecule has 2 amide bonds. The predicted octanol–water partition coefficient (Wildman–Crippen LogP) is 1.71. The molecule has 22 heavy (non-hydrogen) atoms. The Balaban J connectivity index is 1.70. The van der Waals surface area contributed by atoms with Crippen LogP contribution in [0.25, 0.3) is 0 Å². The summed E-state index contributed by atoms with van der Waals surface area (Å²) in [6, 6.07) is 9.91. The van der Waals surface area contributed by atoms with Gasteiger partial charge in [-0.25, -0.2) is 4.90 Å². The average Bonchev–Trinajstić information content (AvgIpc) is 3.14. The third-order valence-corrected chi connectivity index (χ3v) is 3.58. The maximum absolute atomic E-state index is 12.4. The van der Waals surface area contributed by atoms with Crippen LogP contribution in [0.2, 0.25) is 0 Å². The van der Waals surface area contributed by atoms with Gasteiger partial charge >= 0.3 is 0 Å². The summed E-state index contributed by atoms with van der Waals surface area (Å²) in [5, 5.41) is 3.06. The van der Waals surface area contributed by atoms with Crippen LogP contribution in [0.4, 0.5) is 5.69 Å². The first-order valence-corrected chi connectivity index (χ1v) is 6.95. The van der Waals surface area contributed by atoms with E-state index < -0.39 is 6.04 Å². The number of furan rings is 1. The zero-order chi connectivity index (χ0) is 15.5. The van der Waals surface area contributed by atoms with Crippen molar-refractivity contribution < 1.29 is 18.7 Å². The van der Waals surface area contributed by atoms with Crippen LogP contribution >= 0.6 is 0 Å². The molecule has 6 heteroatoms. The number of imide groups is 1. The lowest BCUT2D eigenvalue weighted by Crippen LogP contribution is -2.38. The molecule has 1 fully saturated rings. The van der Waals surface area contributed by atoms with Crippen molar-refractivity contribution in [2.75, 3.05) is 12.0 Å². The molecule has 1 aliphatic rings. The maximum Gasteiger partial charge on any atom is 0.251 e. The van der Waals surface area contributed by atoms with Gasteiger partial charge in [0.25, 0.3) is 5.91 Å². The Hall–Kier alpha value is -2.60. The standard InChI is InChI=1S/C16H16N2O4/c1-21-12-6-4-11(5-7-12)18-15(19)9-14(16(18)20)17-10-13-3-2-8-22-13/h2-8,14,17H,9-10H2,1H3/t14-/m0/s1. The highest BCUT2D eigenvalue weighted by atomic mass is 16.5. The Bertz CT molecular complexity index is 664. The number of nitrogens with zero attached hydrogens (tertiary/aromatic N) is 1. The fourth-order valence-corrected chi connectivity index (χ4v) is 2.43. The van der Waals surface area contributed by atoms with Crippen LogP contribution in [-0.2, 0) is 16.1 Å². The van der Waals surface area contributed by atoms with Gasteiger partial charge in [0.05, 0.1) is 38.1 Å². The number of anilines is 1. The van der Waals surface area contributed by atoms with E-state index in [1.54, 1.807) is 43.7 Å². The van der Waals surface area contributed by atoms with Gasteiger partial charge in [0.1, 0.15) is 11.5 Å². The molecule has 3 rings (SSSR count). The number of hydrogen-bond acceptors (Lipinski definition) is 5. The molecule has 0 saturated carbocycles. The van der Waals surface area contributed by atoms with E-state index in [0.717, 1.165) is 5.76 Å². The van der Waals surface area contributed by atoms with Crippen molar-refractivity contribution in [2.24, 2.45) is 0 Å². The summed E-state index contributed by atoms with van der Waals surface area (Å²) in [4.78, 5) is 25.7. The Morgan fingerprint density at radius 3 is 2.68 bits per heavy atom. The number of methoxy groups -OCH3 is 1. The largest absolute Gasteiger partial charge is 0.497 e. The van der Waals surface area contributed by atoms with Crippen molar-refractivity contribution in [1.82, 2.24) is 5.32 Å². The first kappa shape index (κ1) is 14.3. The number of benzene rings is 1. The molecular formula is C16H16N2O4. The van der Waals surface area contributed by atoms with Gasteiger partial charge in [0.2, 0.25) is 5.91 Å². The summed E-state index contributed by atoms with van der Waals surface area (Å²) in [5.41, 5.74) is 0.554. The monoisotopic (exact) mass is 300 g/mol. The quantitative estimate of drug-likeness (QED) is 0.851. The van der Waals surface area contributed by atoms with E-state index in [1.165, 1.54) is 4.90 Å². The van der Waals surface area contributed by atoms with Gasteiger partial charge in [-0.05, 0) is 36.4 Å². The average molecular weight is 300 g/mol. The van der Waals surface area contributed by atoms with Crippen LogP contribution in [-0.4, -0.2) is 25.0 Å². The third kappa shape index (κ3) is 2.73. The van der Waals surface area contributed by atoms with Crippen LogP contribution in [0.15, 0.2) is 47.1 Å². The molecule has 0 unspecified atom stereocenters. The number of amides is 2. The van der Waals surface area contributed by atoms with E-state index in [9.17, 15) is 9.59 Å². The fourth-order valence-electron chi connectivity index (χ4n) is 2.43. The SMILES string of the molecule is COc1ccc(N2C(=O)C[C@H](NCc3ccco3)C2=O)cc1. The van der Waals surface area contributed by atoms with Gasteiger partial charge in [0, 0.05) is 0 Å². The predicted molar refractivity (Wildman–Crippen MR) is 79.4 cm³/mol. The number of nitrogens with one attached hydrogen (secondary N) is 1. The molecule has 6 nitrogen and oxygen atoms in total. The summed E-state index contributed by atoms with van der Waals surface area (Å²) in [6.07, 6.45) is 1.72. The number of rotatable bonds is 5. The second-order valence-corrected chi connectivity index (χ2v) is 4.98. The smallest absolute Gasteiger partial charge is 0.251 e. The Kier molecular flexibility index (Phi) is 3.93. The first-order valence-electron chi connectivity index (χ1n) is 6.95. The molecule has 1 atom stereocenters. The highest BCUT2D eigenvalue weighted by Crippen LogP contribution is 2.25. The Morgan fingerprint density at radius 1 is 1.27 bits per heavy atom. The number of carbonyl (C=O) groups excluding carboxylic acids is 2. The maximum atomic E-state index is 12.4. The second-order valence-electron chi connectivity index (χ2n) is 4.98. The molecule has 1 aromatic carbocycles. The van der Waals surface area contributed by atoms with Crippen LogP contribution < -0.4 is 15.0 Å². The summed E-state index contributed by atoms with van der Waals surface area (Å²) in [6.45, 7) is 0.410. The second kappa shape index (κ2) is 6.03. The fraction of sp³-hybridized carbons (Fsp3) is 0.250. The van der Waals surface area contributed by atoms with E-state index in [1.807, 2.05) is 6.07 Å². The minimum Gasteiger partial charge on any atom is -0.497 e. The lowest BCUT2D eigenvalue weighted by molar-refractivity contribution is -0.121. The van der Waals surface area contributed by atoms with Gasteiger partial charge in [-0.2, -0.15) is 0 Å². The van der Waals surface area contributed by atoms with E-state index in [2.05, 4.69) is 5.32 Å². The molecular weight excluding hydrogens is 284 g/mol. The van der Waals surface area contributed by atoms with Crippen molar-refractivity contribution in [3.05, 3.63) is 48.4 Å². The van der Waals surface area contributed by atoms with Gasteiger partial charge in [-0.1, -0.05) is 0 Å². The third-order valence-electron chi connectivity index (χ3n) is 3.58. The Morgan fingerprint density at radius 2 is 2.05 bits per heavy atom. The zero-order valence-corrected chi connectivity index (χ0v) is 12.1. The van der Waals surface area contributed by atoms with Crippen molar-refractivity contribution in [3.63, 3.8) is 0 Å². The zero-order valence-electron chi connectivity index (χ0n) is 12.1. The summed E-state index contributed by atoms with van der Waals surface area (Å²) >= 11 is 0. The molecule has 0 radical (unpaired) electrons. The number of carbonyl (C=O) groups is 2. The van der Waals surface area contributed by atoms with Gasteiger partial charge in [-0.15, -0.1) is 0 Å². The van der Waals surface area contributed by atoms with Crippen molar-refractivity contribution in [1.29, 1.82) is 0 Å². The minimum absolute atomic E-state index is 0.144. The molecule has 1 N–H and O–H groups in total. The van der Waals surface area contributed by atoms with E-state index in [4.69, 9.17) is 9.15 Å². The molecule has 2 aromatic rings. The first-order chi connectivity index (χ1) is 10.7. The lowest BCUT2D eigenvalue weighted by atomic mass is 10.2. The van der Waals surface area contributed by atoms with E-state index in [0.29, 0.717) is 18.0 Å². The summed E-state index contributed by atoms with van der Waals surface area (Å²) < 4.78 is 10.3. The highest BCUT2D eigenvalue weighted by molar-refractivity contribution is 6.22. The highest BCUT2D eigenvalue weighted by Gasteiger charge is 2.39. The van der Waals surface area contributed by atoms with Crippen molar-refractivity contribution >= 4 is 17.5 Å². The minimum atomic E-state index is -0.528. The summed E-state index contributed by atoms with van der Waals surface area (Å²) in [7, 11) is 1.57. The van der Waals surface area contributed by atoms with Crippen LogP contribution in [0, 0.1) is 0 Å². The number of hydrogen-bond donors (Lipinski definition) is 1. The molecule has 0 bridgehead atoms. The van der Waals surface area contributed by atoms with Crippen LogP contribution in [0.5, 0.6) is 5.75 Å². The van der Waals surface area contributed by atoms with Crippen LogP contribution in [0.1, 0.15) is 12.2 Å². The molecule has 1 aromatic heterocycles. The van der Waals surface area contributed by atoms with Gasteiger partial charge in [0.15, 0.2) is 0 Å². The molecule has 1 saturated heterocycles. The molecule has 1 aliphatic heterocycles. The van der Waals surface area contributed by atoms with Gasteiger partial charge in [-0.3, -0.25) is 14.9 Å². The van der Waals surface area contributed by atoms with Crippen molar-refractivity contribution in [3.8, 4) is 5.75 Å². The Labute approximate surface area is 127 Å².